The van der Waals surface area contributed by atoms with Gasteiger partial charge in [-0.3, -0.25) is 4.79 Å². The van der Waals surface area contributed by atoms with Gasteiger partial charge in [0.05, 0.1) is 29.2 Å². The quantitative estimate of drug-likeness (QED) is 0.134. The lowest BCUT2D eigenvalue weighted by Crippen LogP contribution is -2.28. The summed E-state index contributed by atoms with van der Waals surface area (Å²) in [4.78, 5) is 12.9. The lowest BCUT2D eigenvalue weighted by Gasteiger charge is -2.38. The van der Waals surface area contributed by atoms with Gasteiger partial charge in [0.1, 0.15) is 11.3 Å². The summed E-state index contributed by atoms with van der Waals surface area (Å²) in [5.74, 6) is 1.11. The van der Waals surface area contributed by atoms with Crippen LogP contribution in [-0.2, 0) is 15.4 Å². The highest BCUT2D eigenvalue weighted by Gasteiger charge is 2.33. The first-order valence-electron chi connectivity index (χ1n) is 14.2. The number of carbonyl (C=O) groups excluding carboxylic acids is 1. The number of aromatic nitrogens is 3. The van der Waals surface area contributed by atoms with Crippen LogP contribution >= 0.6 is 10.3 Å². The fourth-order valence-electron chi connectivity index (χ4n) is 5.58. The lowest BCUT2D eigenvalue weighted by atomic mass is 9.88. The Hall–Kier alpha value is -2.30. The van der Waals surface area contributed by atoms with Gasteiger partial charge in [-0.15, -0.1) is 15.4 Å². The van der Waals surface area contributed by atoms with Crippen LogP contribution in [-0.4, -0.2) is 55.7 Å². The SMILES string of the molecule is C=C(CCCCN)OC(=O)CS(O)(CC1CCC(N=NC2CCCCC2)CC1)Cn1nnc2ccccc21. The van der Waals surface area contributed by atoms with Crippen LogP contribution in [0, 0.1) is 5.92 Å². The third-order valence-electron chi connectivity index (χ3n) is 7.67. The van der Waals surface area contributed by atoms with Crippen LogP contribution in [0.15, 0.2) is 46.8 Å². The molecule has 210 valence electrons. The normalized spacial score (nSPS) is 23.3. The first-order chi connectivity index (χ1) is 18.4. The standard InChI is InChI=1S/C28H44N6O3S/c1-22(9-7-8-18-29)37-28(35)20-38(36,21-34-27-13-6-5-12-26(27)32-33-34)19-23-14-16-25(17-15-23)31-30-24-10-3-2-4-11-24/h5-6,12-13,23-25,36H,1-4,7-11,14-21,29H2. The zero-order valence-corrected chi connectivity index (χ0v) is 23.4. The van der Waals surface area contributed by atoms with Crippen LogP contribution in [0.1, 0.15) is 77.0 Å². The molecule has 0 spiro atoms. The summed E-state index contributed by atoms with van der Waals surface area (Å²) >= 11 is 0. The molecule has 2 aromatic rings. The lowest BCUT2D eigenvalue weighted by molar-refractivity contribution is -0.136. The van der Waals surface area contributed by atoms with Crippen molar-refractivity contribution in [1.29, 1.82) is 0 Å². The third kappa shape index (κ3) is 8.61. The molecule has 38 heavy (non-hydrogen) atoms. The van der Waals surface area contributed by atoms with Gasteiger partial charge in [-0.25, -0.2) is 4.68 Å². The Morgan fingerprint density at radius 2 is 1.79 bits per heavy atom. The highest BCUT2D eigenvalue weighted by molar-refractivity contribution is 8.28. The van der Waals surface area contributed by atoms with Crippen LogP contribution in [0.3, 0.4) is 0 Å². The van der Waals surface area contributed by atoms with Crippen molar-refractivity contribution in [2.45, 2.75) is 95.0 Å². The molecule has 0 saturated heterocycles. The van der Waals surface area contributed by atoms with Gasteiger partial charge >= 0.3 is 5.97 Å². The Morgan fingerprint density at radius 3 is 2.53 bits per heavy atom. The number of benzene rings is 1. The molecule has 0 bridgehead atoms. The van der Waals surface area contributed by atoms with Gasteiger partial charge in [0.25, 0.3) is 0 Å². The van der Waals surface area contributed by atoms with E-state index in [0.29, 0.717) is 36.4 Å². The molecule has 9 nitrogen and oxygen atoms in total. The molecule has 1 aromatic carbocycles. The largest absolute Gasteiger partial charge is 0.431 e. The van der Waals surface area contributed by atoms with Gasteiger partial charge in [-0.05, 0) is 76.0 Å². The number of rotatable bonds is 13. The number of para-hydroxylation sites is 1. The summed E-state index contributed by atoms with van der Waals surface area (Å²) < 4.78 is 19.2. The summed E-state index contributed by atoms with van der Waals surface area (Å²) in [6.45, 7) is 4.48. The number of fused-ring (bicyclic) bond motifs is 1. The Labute approximate surface area is 227 Å². The molecule has 2 aliphatic rings. The monoisotopic (exact) mass is 544 g/mol. The minimum absolute atomic E-state index is 0.0432. The molecule has 1 aromatic heterocycles. The van der Waals surface area contributed by atoms with E-state index < -0.39 is 16.3 Å². The number of carbonyl (C=O) groups is 1. The smallest absolute Gasteiger partial charge is 0.321 e. The number of nitrogens with two attached hydrogens (primary N) is 1. The fraction of sp³-hybridized carbons (Fsp3) is 0.679. The first-order valence-corrected chi connectivity index (χ1v) is 16.3. The number of ether oxygens (including phenoxy) is 1. The maximum atomic E-state index is 12.9. The summed E-state index contributed by atoms with van der Waals surface area (Å²) in [7, 11) is -2.40. The highest BCUT2D eigenvalue weighted by Crippen LogP contribution is 2.49. The molecule has 2 saturated carbocycles. The van der Waals surface area contributed by atoms with E-state index in [-0.39, 0.29) is 17.7 Å². The number of unbranched alkanes of at least 4 members (excludes halogenated alkanes) is 1. The van der Waals surface area contributed by atoms with E-state index in [0.717, 1.165) is 49.6 Å². The van der Waals surface area contributed by atoms with Crippen LogP contribution in [0.4, 0.5) is 0 Å². The second-order valence-electron chi connectivity index (χ2n) is 11.0. The van der Waals surface area contributed by atoms with E-state index >= 15 is 0 Å². The molecule has 3 N–H and O–H groups in total. The highest BCUT2D eigenvalue weighted by atomic mass is 32.3. The second-order valence-corrected chi connectivity index (χ2v) is 13.9. The number of allylic oxidation sites excluding steroid dienone is 1. The van der Waals surface area contributed by atoms with Crippen LogP contribution in [0.2, 0.25) is 0 Å². The Bertz CT molecular complexity index is 1080. The molecule has 10 heteroatoms. The summed E-state index contributed by atoms with van der Waals surface area (Å²) in [5, 5.41) is 17.9. The topological polar surface area (TPSA) is 128 Å². The van der Waals surface area contributed by atoms with Gasteiger partial charge in [0.2, 0.25) is 0 Å². The molecule has 1 atom stereocenters. The summed E-state index contributed by atoms with van der Waals surface area (Å²) in [6.07, 6.45) is 12.4. The zero-order valence-electron chi connectivity index (χ0n) is 22.5. The van der Waals surface area contributed by atoms with E-state index in [1.54, 1.807) is 4.68 Å². The number of nitrogens with zero attached hydrogens (tertiary/aromatic N) is 5. The van der Waals surface area contributed by atoms with Crippen molar-refractivity contribution in [1.82, 2.24) is 15.0 Å². The van der Waals surface area contributed by atoms with Crippen molar-refractivity contribution in [2.75, 3.05) is 18.1 Å². The van der Waals surface area contributed by atoms with E-state index in [1.807, 2.05) is 24.3 Å². The van der Waals surface area contributed by atoms with Gasteiger partial charge in [-0.2, -0.15) is 10.2 Å². The Balaban J connectivity index is 1.38. The minimum atomic E-state index is -2.40. The average Bonchev–Trinajstić information content (AvgIpc) is 3.31. The second kappa shape index (κ2) is 14.2. The molecule has 0 amide bonds. The maximum Gasteiger partial charge on any atom is 0.321 e. The van der Waals surface area contributed by atoms with Crippen LogP contribution < -0.4 is 5.73 Å². The number of hydrogen-bond donors (Lipinski definition) is 2. The molecular formula is C28H44N6O3S. The van der Waals surface area contributed by atoms with Gasteiger partial charge < -0.3 is 15.0 Å². The van der Waals surface area contributed by atoms with Crippen molar-refractivity contribution in [3.8, 4) is 0 Å². The third-order valence-corrected chi connectivity index (χ3v) is 10.3. The van der Waals surface area contributed by atoms with E-state index in [2.05, 4.69) is 22.0 Å². The van der Waals surface area contributed by atoms with Gasteiger partial charge in [-0.1, -0.05) is 43.2 Å². The summed E-state index contributed by atoms with van der Waals surface area (Å²) in [5.41, 5.74) is 7.18. The average molecular weight is 545 g/mol. The molecule has 2 aliphatic carbocycles. The Kier molecular flexibility index (Phi) is 10.7. The number of esters is 1. The zero-order chi connectivity index (χ0) is 26.8. The number of azo groups is 1. The van der Waals surface area contributed by atoms with Gasteiger partial charge in [0, 0.05) is 12.2 Å². The van der Waals surface area contributed by atoms with Crippen LogP contribution in [0.25, 0.3) is 11.0 Å². The van der Waals surface area contributed by atoms with Crippen molar-refractivity contribution >= 4 is 27.3 Å². The molecule has 4 rings (SSSR count). The molecular weight excluding hydrogens is 500 g/mol. The van der Waals surface area contributed by atoms with Crippen molar-refractivity contribution in [2.24, 2.45) is 21.9 Å². The molecule has 0 radical (unpaired) electrons. The Morgan fingerprint density at radius 1 is 1.08 bits per heavy atom. The predicted molar refractivity (Wildman–Crippen MR) is 153 cm³/mol. The fourth-order valence-corrected chi connectivity index (χ4v) is 8.24. The molecule has 1 unspecified atom stereocenters. The molecule has 0 aliphatic heterocycles. The first kappa shape index (κ1) is 28.7. The maximum absolute atomic E-state index is 12.9. The van der Waals surface area contributed by atoms with Crippen molar-refractivity contribution in [3.63, 3.8) is 0 Å². The summed E-state index contributed by atoms with van der Waals surface area (Å²) in [6, 6.07) is 8.37. The predicted octanol–water partition coefficient (Wildman–Crippen LogP) is 6.20. The number of hydrogen-bond acceptors (Lipinski definition) is 8. The van der Waals surface area contributed by atoms with Crippen molar-refractivity contribution < 1.29 is 14.1 Å². The van der Waals surface area contributed by atoms with Crippen molar-refractivity contribution in [3.05, 3.63) is 36.6 Å². The van der Waals surface area contributed by atoms with E-state index in [1.165, 1.54) is 32.1 Å². The molecule has 1 heterocycles. The van der Waals surface area contributed by atoms with E-state index in [4.69, 9.17) is 15.6 Å². The van der Waals surface area contributed by atoms with Gasteiger partial charge in [0.15, 0.2) is 0 Å². The van der Waals surface area contributed by atoms with E-state index in [9.17, 15) is 9.35 Å². The molecule has 2 fully saturated rings. The minimum Gasteiger partial charge on any atom is -0.431 e. The van der Waals surface area contributed by atoms with Crippen LogP contribution in [0.5, 0.6) is 0 Å².